The minimum Gasteiger partial charge on any atom is -0.507 e. The lowest BCUT2D eigenvalue weighted by atomic mass is 10.1. The number of para-hydroxylation sites is 2. The number of nitrogens with one attached hydrogen (secondary N) is 1. The van der Waals surface area contributed by atoms with Crippen LogP contribution in [0.1, 0.15) is 11.1 Å². The highest BCUT2D eigenvalue weighted by atomic mass is 79.9. The number of rotatable bonds is 9. The highest BCUT2D eigenvalue weighted by molar-refractivity contribution is 9.10. The first-order chi connectivity index (χ1) is 17.1. The quantitative estimate of drug-likeness (QED) is 0.127. The highest BCUT2D eigenvalue weighted by Gasteiger charge is 2.17. The van der Waals surface area contributed by atoms with E-state index in [4.69, 9.17) is 0 Å². The fraction of sp³-hybridized carbons (Fsp3) is 0.0769. The van der Waals surface area contributed by atoms with Gasteiger partial charge in [0.25, 0.3) is 5.91 Å². The van der Waals surface area contributed by atoms with Gasteiger partial charge in [-0.15, -0.1) is 16.8 Å². The van der Waals surface area contributed by atoms with Gasteiger partial charge in [0.05, 0.1) is 12.0 Å². The Morgan fingerprint density at radius 2 is 1.91 bits per heavy atom. The van der Waals surface area contributed by atoms with Crippen LogP contribution in [0, 0.1) is 0 Å². The van der Waals surface area contributed by atoms with Crippen molar-refractivity contribution in [3.63, 3.8) is 0 Å². The Labute approximate surface area is 215 Å². The summed E-state index contributed by atoms with van der Waals surface area (Å²) >= 11 is 4.76. The van der Waals surface area contributed by atoms with Crippen LogP contribution < -0.4 is 5.43 Å². The number of phenols is 1. The van der Waals surface area contributed by atoms with Crippen LogP contribution in [0.25, 0.3) is 17.1 Å². The van der Waals surface area contributed by atoms with Crippen molar-refractivity contribution in [3.05, 3.63) is 101 Å². The van der Waals surface area contributed by atoms with Crippen LogP contribution in [0.2, 0.25) is 0 Å². The zero-order chi connectivity index (χ0) is 24.6. The molecule has 35 heavy (non-hydrogen) atoms. The van der Waals surface area contributed by atoms with E-state index >= 15 is 0 Å². The van der Waals surface area contributed by atoms with E-state index in [9.17, 15) is 9.90 Å². The standard InChI is InChI=1S/C26H22BrN5O2S/c1-2-8-18-9-6-11-20(24(18)34)16-28-29-23(33)17-35-26-31-30-25(19-10-7-12-21(27)15-19)32(26)22-13-4-3-5-14-22/h2-7,9-16,34H,1,8,17H2,(H,29,33)/b28-16+. The van der Waals surface area contributed by atoms with Gasteiger partial charge in [-0.1, -0.05) is 76.2 Å². The van der Waals surface area contributed by atoms with E-state index in [1.54, 1.807) is 12.1 Å². The molecule has 0 fully saturated rings. The number of hydrogen-bond acceptors (Lipinski definition) is 6. The molecule has 0 saturated heterocycles. The van der Waals surface area contributed by atoms with Crippen LogP contribution in [0.3, 0.4) is 0 Å². The minimum absolute atomic E-state index is 0.0866. The predicted molar refractivity (Wildman–Crippen MR) is 143 cm³/mol. The number of aromatic hydroxyl groups is 1. The van der Waals surface area contributed by atoms with Crippen molar-refractivity contribution in [2.24, 2.45) is 5.10 Å². The first kappa shape index (κ1) is 24.4. The molecule has 9 heteroatoms. The maximum absolute atomic E-state index is 12.4. The fourth-order valence-electron chi connectivity index (χ4n) is 3.36. The second-order valence-electron chi connectivity index (χ2n) is 7.42. The molecule has 4 aromatic rings. The van der Waals surface area contributed by atoms with Gasteiger partial charge in [0.2, 0.25) is 0 Å². The molecule has 176 valence electrons. The van der Waals surface area contributed by atoms with E-state index < -0.39 is 0 Å². The Bertz CT molecular complexity index is 1370. The maximum Gasteiger partial charge on any atom is 0.250 e. The normalized spacial score (nSPS) is 11.0. The summed E-state index contributed by atoms with van der Waals surface area (Å²) in [4.78, 5) is 12.4. The van der Waals surface area contributed by atoms with Crippen molar-refractivity contribution >= 4 is 39.8 Å². The molecule has 0 aliphatic carbocycles. The summed E-state index contributed by atoms with van der Waals surface area (Å²) in [5, 5.41) is 23.6. The summed E-state index contributed by atoms with van der Waals surface area (Å²) in [5.74, 6) is 0.576. The number of amides is 1. The topological polar surface area (TPSA) is 92.4 Å². The molecule has 0 bridgehead atoms. The van der Waals surface area contributed by atoms with E-state index in [0.29, 0.717) is 23.0 Å². The van der Waals surface area contributed by atoms with Crippen molar-refractivity contribution in [2.45, 2.75) is 11.6 Å². The average molecular weight is 548 g/mol. The van der Waals surface area contributed by atoms with Gasteiger partial charge in [0.1, 0.15) is 5.75 Å². The molecule has 0 aliphatic heterocycles. The lowest BCUT2D eigenvalue weighted by Gasteiger charge is -2.10. The lowest BCUT2D eigenvalue weighted by Crippen LogP contribution is -2.20. The Hall–Kier alpha value is -3.69. The second-order valence-corrected chi connectivity index (χ2v) is 9.28. The van der Waals surface area contributed by atoms with Gasteiger partial charge < -0.3 is 5.11 Å². The molecule has 7 nitrogen and oxygen atoms in total. The third-order valence-corrected chi connectivity index (χ3v) is 6.39. The zero-order valence-electron chi connectivity index (χ0n) is 18.6. The van der Waals surface area contributed by atoms with Crippen molar-refractivity contribution < 1.29 is 9.90 Å². The number of halogens is 1. The van der Waals surface area contributed by atoms with E-state index in [2.05, 4.69) is 43.2 Å². The Balaban J connectivity index is 1.48. The van der Waals surface area contributed by atoms with Crippen LogP contribution in [0.5, 0.6) is 5.75 Å². The van der Waals surface area contributed by atoms with Crippen LogP contribution in [-0.4, -0.2) is 37.7 Å². The van der Waals surface area contributed by atoms with Crippen LogP contribution >= 0.6 is 27.7 Å². The molecule has 0 spiro atoms. The number of thioether (sulfide) groups is 1. The van der Waals surface area contributed by atoms with E-state index in [1.165, 1.54) is 18.0 Å². The molecular formula is C26H22BrN5O2S. The predicted octanol–water partition coefficient (Wildman–Crippen LogP) is 5.37. The van der Waals surface area contributed by atoms with Gasteiger partial charge in [0.15, 0.2) is 11.0 Å². The minimum atomic E-state index is -0.306. The molecule has 3 aromatic carbocycles. The van der Waals surface area contributed by atoms with Crippen LogP contribution in [0.4, 0.5) is 0 Å². The van der Waals surface area contributed by atoms with Crippen molar-refractivity contribution in [1.29, 1.82) is 0 Å². The van der Waals surface area contributed by atoms with Gasteiger partial charge in [-0.25, -0.2) is 5.43 Å². The molecule has 0 atom stereocenters. The summed E-state index contributed by atoms with van der Waals surface area (Å²) < 4.78 is 2.86. The van der Waals surface area contributed by atoms with E-state index in [0.717, 1.165) is 21.3 Å². The third kappa shape index (κ3) is 6.06. The van der Waals surface area contributed by atoms with Crippen molar-refractivity contribution in [3.8, 4) is 22.8 Å². The van der Waals surface area contributed by atoms with Gasteiger partial charge >= 0.3 is 0 Å². The van der Waals surface area contributed by atoms with Gasteiger partial charge in [0, 0.05) is 21.3 Å². The molecular weight excluding hydrogens is 526 g/mol. The van der Waals surface area contributed by atoms with Crippen LogP contribution in [0.15, 0.2) is 100 Å². The molecule has 2 N–H and O–H groups in total. The Kier molecular flexibility index (Phi) is 8.12. The van der Waals surface area contributed by atoms with Crippen molar-refractivity contribution in [2.75, 3.05) is 5.75 Å². The molecule has 0 unspecified atom stereocenters. The fourth-order valence-corrected chi connectivity index (χ4v) is 4.50. The smallest absolute Gasteiger partial charge is 0.250 e. The molecule has 1 amide bonds. The number of hydrogen-bond donors (Lipinski definition) is 2. The molecule has 0 saturated carbocycles. The number of hydrazone groups is 1. The summed E-state index contributed by atoms with van der Waals surface area (Å²) in [6, 6.07) is 22.9. The number of aromatic nitrogens is 3. The average Bonchev–Trinajstić information content (AvgIpc) is 3.30. The number of phenolic OH excluding ortho intramolecular Hbond substituents is 1. The SMILES string of the molecule is C=CCc1cccc(/C=N/NC(=O)CSc2nnc(-c3cccc(Br)c3)n2-c2ccccc2)c1O. The molecule has 4 rings (SSSR count). The monoisotopic (exact) mass is 547 g/mol. The van der Waals surface area contributed by atoms with Gasteiger partial charge in [-0.3, -0.25) is 9.36 Å². The maximum atomic E-state index is 12.4. The summed E-state index contributed by atoms with van der Waals surface area (Å²) in [5.41, 5.74) is 5.55. The van der Waals surface area contributed by atoms with E-state index in [1.807, 2.05) is 71.3 Å². The summed E-state index contributed by atoms with van der Waals surface area (Å²) in [7, 11) is 0. The highest BCUT2D eigenvalue weighted by Crippen LogP contribution is 2.29. The Morgan fingerprint density at radius 1 is 1.11 bits per heavy atom. The first-order valence-corrected chi connectivity index (χ1v) is 12.5. The largest absolute Gasteiger partial charge is 0.507 e. The van der Waals surface area contributed by atoms with Crippen molar-refractivity contribution in [1.82, 2.24) is 20.2 Å². The third-order valence-electron chi connectivity index (χ3n) is 4.97. The molecule has 0 aliphatic rings. The van der Waals surface area contributed by atoms with Gasteiger partial charge in [-0.2, -0.15) is 5.10 Å². The number of carbonyl (C=O) groups excluding carboxylic acids is 1. The van der Waals surface area contributed by atoms with Gasteiger partial charge in [-0.05, 0) is 42.3 Å². The molecule has 1 aromatic heterocycles. The lowest BCUT2D eigenvalue weighted by molar-refractivity contribution is -0.118. The Morgan fingerprint density at radius 3 is 2.69 bits per heavy atom. The van der Waals surface area contributed by atoms with Crippen LogP contribution in [-0.2, 0) is 11.2 Å². The number of allylic oxidation sites excluding steroid dienone is 1. The molecule has 0 radical (unpaired) electrons. The second kappa shape index (κ2) is 11.6. The number of nitrogens with zero attached hydrogens (tertiary/aromatic N) is 4. The molecule has 1 heterocycles. The summed E-state index contributed by atoms with van der Waals surface area (Å²) in [6.45, 7) is 3.69. The van der Waals surface area contributed by atoms with E-state index in [-0.39, 0.29) is 17.4 Å². The number of carbonyl (C=O) groups is 1. The number of benzene rings is 3. The zero-order valence-corrected chi connectivity index (χ0v) is 21.0. The first-order valence-electron chi connectivity index (χ1n) is 10.7. The summed E-state index contributed by atoms with van der Waals surface area (Å²) in [6.07, 6.45) is 3.67.